The Labute approximate surface area is 114 Å². The van der Waals surface area contributed by atoms with Gasteiger partial charge in [-0.3, -0.25) is 0 Å². The standard InChI is InChI=1S/C12H14BrClN2O/c1-8(13)7-15-12(17)16-9(2)10-3-5-11(14)6-4-10/h3-6,9H,1,7H2,2H3,(H2,15,16,17). The zero-order valence-electron chi connectivity index (χ0n) is 9.47. The van der Waals surface area contributed by atoms with Gasteiger partial charge in [0.25, 0.3) is 0 Å². The minimum atomic E-state index is -0.229. The van der Waals surface area contributed by atoms with Gasteiger partial charge in [0.05, 0.1) is 12.6 Å². The number of nitrogens with one attached hydrogen (secondary N) is 2. The average molecular weight is 318 g/mol. The summed E-state index contributed by atoms with van der Waals surface area (Å²) in [5.41, 5.74) is 1.00. The Morgan fingerprint density at radius 1 is 1.47 bits per heavy atom. The predicted molar refractivity (Wildman–Crippen MR) is 74.5 cm³/mol. The molecule has 1 aromatic carbocycles. The van der Waals surface area contributed by atoms with E-state index in [-0.39, 0.29) is 12.1 Å². The second kappa shape index (κ2) is 6.67. The van der Waals surface area contributed by atoms with Gasteiger partial charge in [-0.1, -0.05) is 46.2 Å². The molecule has 0 saturated carbocycles. The summed E-state index contributed by atoms with van der Waals surface area (Å²) < 4.78 is 0.729. The van der Waals surface area contributed by atoms with E-state index >= 15 is 0 Å². The van der Waals surface area contributed by atoms with Gasteiger partial charge in [0.1, 0.15) is 0 Å². The minimum Gasteiger partial charge on any atom is -0.334 e. The maximum atomic E-state index is 11.5. The van der Waals surface area contributed by atoms with Gasteiger partial charge >= 0.3 is 6.03 Å². The topological polar surface area (TPSA) is 41.1 Å². The first-order valence-corrected chi connectivity index (χ1v) is 6.29. The summed E-state index contributed by atoms with van der Waals surface area (Å²) in [4.78, 5) is 11.5. The maximum Gasteiger partial charge on any atom is 0.315 e. The number of halogens is 2. The molecule has 1 unspecified atom stereocenters. The zero-order valence-corrected chi connectivity index (χ0v) is 11.8. The molecule has 0 aliphatic carbocycles. The van der Waals surface area contributed by atoms with Gasteiger partial charge in [-0.2, -0.15) is 0 Å². The van der Waals surface area contributed by atoms with E-state index in [0.717, 1.165) is 10.0 Å². The molecule has 0 bridgehead atoms. The van der Waals surface area contributed by atoms with E-state index in [0.29, 0.717) is 11.6 Å². The summed E-state index contributed by atoms with van der Waals surface area (Å²) >= 11 is 8.96. The Hall–Kier alpha value is -1.00. The highest BCUT2D eigenvalue weighted by atomic mass is 79.9. The van der Waals surface area contributed by atoms with Crippen molar-refractivity contribution in [1.82, 2.24) is 10.6 Å². The molecule has 3 nitrogen and oxygen atoms in total. The number of carbonyl (C=O) groups excluding carboxylic acids is 1. The molecule has 5 heteroatoms. The third kappa shape index (κ3) is 5.24. The zero-order chi connectivity index (χ0) is 12.8. The number of carbonyl (C=O) groups is 1. The molecular weight excluding hydrogens is 304 g/mol. The van der Waals surface area contributed by atoms with Crippen molar-refractivity contribution in [2.24, 2.45) is 0 Å². The average Bonchev–Trinajstić information content (AvgIpc) is 2.27. The lowest BCUT2D eigenvalue weighted by molar-refractivity contribution is 0.239. The second-order valence-electron chi connectivity index (χ2n) is 3.62. The van der Waals surface area contributed by atoms with Crippen LogP contribution in [0.4, 0.5) is 4.79 Å². The highest BCUT2D eigenvalue weighted by Gasteiger charge is 2.08. The van der Waals surface area contributed by atoms with Gasteiger partial charge in [-0.05, 0) is 24.6 Å². The molecule has 17 heavy (non-hydrogen) atoms. The predicted octanol–water partition coefficient (Wildman–Crippen LogP) is 3.61. The van der Waals surface area contributed by atoms with E-state index in [4.69, 9.17) is 11.6 Å². The molecule has 0 saturated heterocycles. The molecule has 0 heterocycles. The number of urea groups is 1. The summed E-state index contributed by atoms with van der Waals surface area (Å²) in [6.45, 7) is 5.94. The lowest BCUT2D eigenvalue weighted by atomic mass is 10.1. The molecule has 1 aromatic rings. The fourth-order valence-corrected chi connectivity index (χ4v) is 1.52. The van der Waals surface area contributed by atoms with E-state index < -0.39 is 0 Å². The van der Waals surface area contributed by atoms with Crippen LogP contribution in [0.2, 0.25) is 5.02 Å². The molecule has 0 aliphatic heterocycles. The van der Waals surface area contributed by atoms with Crippen LogP contribution in [0.25, 0.3) is 0 Å². The van der Waals surface area contributed by atoms with Gasteiger partial charge in [-0.15, -0.1) is 0 Å². The summed E-state index contributed by atoms with van der Waals surface area (Å²) in [6, 6.07) is 7.07. The monoisotopic (exact) mass is 316 g/mol. The molecular formula is C12H14BrClN2O. The molecule has 0 fully saturated rings. The number of hydrogen-bond donors (Lipinski definition) is 2. The van der Waals surface area contributed by atoms with E-state index in [1.165, 1.54) is 0 Å². The first kappa shape index (κ1) is 14.1. The van der Waals surface area contributed by atoms with Crippen LogP contribution in [0.15, 0.2) is 35.3 Å². The molecule has 0 aromatic heterocycles. The van der Waals surface area contributed by atoms with Gasteiger partial charge in [-0.25, -0.2) is 4.79 Å². The van der Waals surface area contributed by atoms with Crippen LogP contribution in [0.5, 0.6) is 0 Å². The van der Waals surface area contributed by atoms with Gasteiger partial charge in [0.2, 0.25) is 0 Å². The highest BCUT2D eigenvalue weighted by Crippen LogP contribution is 2.15. The van der Waals surface area contributed by atoms with Gasteiger partial charge < -0.3 is 10.6 Å². The van der Waals surface area contributed by atoms with Crippen LogP contribution in [-0.2, 0) is 0 Å². The van der Waals surface area contributed by atoms with Crippen LogP contribution in [0.3, 0.4) is 0 Å². The lowest BCUT2D eigenvalue weighted by Crippen LogP contribution is -2.37. The van der Waals surface area contributed by atoms with E-state index in [1.54, 1.807) is 12.1 Å². The normalized spacial score (nSPS) is 11.7. The van der Waals surface area contributed by atoms with Crippen molar-refractivity contribution < 1.29 is 4.79 Å². The number of hydrogen-bond acceptors (Lipinski definition) is 1. The van der Waals surface area contributed by atoms with Crippen molar-refractivity contribution in [3.8, 4) is 0 Å². The Kier molecular flexibility index (Phi) is 5.51. The smallest absolute Gasteiger partial charge is 0.315 e. The molecule has 2 N–H and O–H groups in total. The number of amides is 2. The summed E-state index contributed by atoms with van der Waals surface area (Å²) in [5.74, 6) is 0. The van der Waals surface area contributed by atoms with Crippen molar-refractivity contribution in [2.45, 2.75) is 13.0 Å². The van der Waals surface area contributed by atoms with Crippen LogP contribution in [0.1, 0.15) is 18.5 Å². The third-order valence-corrected chi connectivity index (χ3v) is 2.69. The van der Waals surface area contributed by atoms with E-state index in [2.05, 4.69) is 33.1 Å². The quantitative estimate of drug-likeness (QED) is 0.875. The molecule has 0 radical (unpaired) electrons. The number of rotatable bonds is 4. The van der Waals surface area contributed by atoms with Crippen molar-refractivity contribution >= 4 is 33.6 Å². The fourth-order valence-electron chi connectivity index (χ4n) is 1.26. The van der Waals surface area contributed by atoms with Crippen LogP contribution < -0.4 is 10.6 Å². The number of benzene rings is 1. The Morgan fingerprint density at radius 2 is 2.06 bits per heavy atom. The first-order chi connectivity index (χ1) is 7.99. The fraction of sp³-hybridized carbons (Fsp3) is 0.250. The Balaban J connectivity index is 2.48. The minimum absolute atomic E-state index is 0.0733. The maximum absolute atomic E-state index is 11.5. The molecule has 2 amide bonds. The van der Waals surface area contributed by atoms with Crippen molar-refractivity contribution in [1.29, 1.82) is 0 Å². The highest BCUT2D eigenvalue weighted by molar-refractivity contribution is 9.11. The van der Waals surface area contributed by atoms with Crippen LogP contribution in [-0.4, -0.2) is 12.6 Å². The summed E-state index contributed by atoms with van der Waals surface area (Å²) in [6.07, 6.45) is 0. The first-order valence-electron chi connectivity index (χ1n) is 5.12. The van der Waals surface area contributed by atoms with E-state index in [1.807, 2.05) is 19.1 Å². The molecule has 0 spiro atoms. The van der Waals surface area contributed by atoms with Crippen molar-refractivity contribution in [3.05, 3.63) is 45.9 Å². The summed E-state index contributed by atoms with van der Waals surface area (Å²) in [5, 5.41) is 6.17. The van der Waals surface area contributed by atoms with Gasteiger partial charge in [0.15, 0.2) is 0 Å². The Bertz CT molecular complexity index is 405. The third-order valence-electron chi connectivity index (χ3n) is 2.16. The Morgan fingerprint density at radius 3 is 2.59 bits per heavy atom. The lowest BCUT2D eigenvalue weighted by Gasteiger charge is -2.15. The molecule has 1 rings (SSSR count). The van der Waals surface area contributed by atoms with Crippen molar-refractivity contribution in [2.75, 3.05) is 6.54 Å². The molecule has 0 aliphatic rings. The second-order valence-corrected chi connectivity index (χ2v) is 5.18. The summed E-state index contributed by atoms with van der Waals surface area (Å²) in [7, 11) is 0. The SMILES string of the molecule is C=C(Br)CNC(=O)NC(C)c1ccc(Cl)cc1. The largest absolute Gasteiger partial charge is 0.334 e. The van der Waals surface area contributed by atoms with E-state index in [9.17, 15) is 4.79 Å². The van der Waals surface area contributed by atoms with Crippen molar-refractivity contribution in [3.63, 3.8) is 0 Å². The van der Waals surface area contributed by atoms with Crippen LogP contribution in [0, 0.1) is 0 Å². The molecule has 92 valence electrons. The molecule has 1 atom stereocenters. The van der Waals surface area contributed by atoms with Gasteiger partial charge in [0, 0.05) is 9.51 Å². The van der Waals surface area contributed by atoms with Crippen LogP contribution >= 0.6 is 27.5 Å².